The molecule has 1 aromatic heterocycles. The minimum absolute atomic E-state index is 0.0139. The van der Waals surface area contributed by atoms with Gasteiger partial charge in [-0.3, -0.25) is 19.2 Å². The Kier molecular flexibility index (Phi) is 5.83. The normalized spacial score (nSPS) is 13.9. The average Bonchev–Trinajstić information content (AvgIpc) is 2.77. The first-order valence-electron chi connectivity index (χ1n) is 10.0. The van der Waals surface area contributed by atoms with Crippen LogP contribution in [0, 0.1) is 6.92 Å². The summed E-state index contributed by atoms with van der Waals surface area (Å²) in [7, 11) is 1.63. The standard InChI is InChI=1S/C23H26N4O3/c1-17-19(14-18-8-4-3-5-9-18)22(29)27-16-25(12-13-28)15-26(23(27)24-17)20-10-6-7-11-21(20)30-2/h3-11,28H,12-16H2,1-2H3. The van der Waals surface area contributed by atoms with Gasteiger partial charge in [-0.25, -0.2) is 4.98 Å². The van der Waals surface area contributed by atoms with Gasteiger partial charge in [-0.05, 0) is 24.6 Å². The fourth-order valence-corrected chi connectivity index (χ4v) is 3.85. The Balaban J connectivity index is 1.83. The molecule has 1 aliphatic rings. The Labute approximate surface area is 175 Å². The summed E-state index contributed by atoms with van der Waals surface area (Å²) in [5.41, 5.74) is 3.27. The fraction of sp³-hybridized carbons (Fsp3) is 0.304. The number of rotatable bonds is 6. The van der Waals surface area contributed by atoms with Gasteiger partial charge in [0.25, 0.3) is 5.56 Å². The maximum absolute atomic E-state index is 13.5. The van der Waals surface area contributed by atoms with Crippen molar-refractivity contribution in [1.29, 1.82) is 0 Å². The molecular weight excluding hydrogens is 380 g/mol. The van der Waals surface area contributed by atoms with Crippen molar-refractivity contribution in [2.24, 2.45) is 0 Å². The van der Waals surface area contributed by atoms with Crippen molar-refractivity contribution in [3.8, 4) is 5.75 Å². The maximum Gasteiger partial charge on any atom is 0.259 e. The van der Waals surface area contributed by atoms with Gasteiger partial charge >= 0.3 is 0 Å². The fourth-order valence-electron chi connectivity index (χ4n) is 3.85. The molecule has 2 aromatic carbocycles. The van der Waals surface area contributed by atoms with Crippen LogP contribution in [0.25, 0.3) is 0 Å². The van der Waals surface area contributed by atoms with Crippen molar-refractivity contribution in [1.82, 2.24) is 14.5 Å². The summed E-state index contributed by atoms with van der Waals surface area (Å²) in [6.45, 7) is 3.25. The van der Waals surface area contributed by atoms with Crippen LogP contribution < -0.4 is 15.2 Å². The topological polar surface area (TPSA) is 70.8 Å². The Bertz CT molecular complexity index is 1080. The second-order valence-corrected chi connectivity index (χ2v) is 7.37. The van der Waals surface area contributed by atoms with E-state index in [9.17, 15) is 9.90 Å². The molecule has 2 heterocycles. The summed E-state index contributed by atoms with van der Waals surface area (Å²) in [5, 5.41) is 9.50. The predicted molar refractivity (Wildman–Crippen MR) is 116 cm³/mol. The number of aliphatic hydroxyl groups is 1. The zero-order valence-electron chi connectivity index (χ0n) is 17.3. The molecule has 30 heavy (non-hydrogen) atoms. The van der Waals surface area contributed by atoms with Gasteiger partial charge in [0.1, 0.15) is 5.75 Å². The SMILES string of the molecule is COc1ccccc1N1CN(CCO)Cn2c1nc(C)c(Cc1ccccc1)c2=O. The van der Waals surface area contributed by atoms with Crippen LogP contribution >= 0.6 is 0 Å². The number of hydrogen-bond donors (Lipinski definition) is 1. The molecule has 3 aromatic rings. The molecule has 7 nitrogen and oxygen atoms in total. The molecule has 0 saturated carbocycles. The third-order valence-electron chi connectivity index (χ3n) is 5.39. The van der Waals surface area contributed by atoms with Crippen LogP contribution in [0.4, 0.5) is 11.6 Å². The van der Waals surface area contributed by atoms with E-state index in [-0.39, 0.29) is 12.2 Å². The predicted octanol–water partition coefficient (Wildman–Crippen LogP) is 2.51. The Morgan fingerprint density at radius 2 is 1.80 bits per heavy atom. The number of hydrogen-bond acceptors (Lipinski definition) is 6. The molecule has 0 saturated heterocycles. The number of β-amino-alcohol motifs (C(OH)–C–C–N with tert-alkyl or cyclic N) is 1. The number of aliphatic hydroxyl groups excluding tert-OH is 1. The maximum atomic E-state index is 13.5. The van der Waals surface area contributed by atoms with Gasteiger partial charge in [-0.15, -0.1) is 0 Å². The van der Waals surface area contributed by atoms with Gasteiger partial charge < -0.3 is 9.84 Å². The summed E-state index contributed by atoms with van der Waals surface area (Å²) < 4.78 is 7.24. The first-order valence-corrected chi connectivity index (χ1v) is 10.0. The van der Waals surface area contributed by atoms with Gasteiger partial charge in [0, 0.05) is 18.5 Å². The summed E-state index contributed by atoms with van der Waals surface area (Å²) in [4.78, 5) is 22.3. The zero-order chi connectivity index (χ0) is 21.1. The summed E-state index contributed by atoms with van der Waals surface area (Å²) in [6.07, 6.45) is 0.535. The Hall–Kier alpha value is -3.16. The van der Waals surface area contributed by atoms with Crippen molar-refractivity contribution in [3.63, 3.8) is 0 Å². The molecule has 0 radical (unpaired) electrons. The number of anilines is 2. The minimum atomic E-state index is -0.0520. The summed E-state index contributed by atoms with van der Waals surface area (Å²) >= 11 is 0. The lowest BCUT2D eigenvalue weighted by Crippen LogP contribution is -2.48. The van der Waals surface area contributed by atoms with Gasteiger partial charge in [0.2, 0.25) is 5.95 Å². The molecule has 4 rings (SSSR count). The molecule has 0 bridgehead atoms. The van der Waals surface area contributed by atoms with Gasteiger partial charge in [0.05, 0.1) is 38.4 Å². The number of para-hydroxylation sites is 2. The molecule has 0 spiro atoms. The van der Waals surface area contributed by atoms with E-state index in [2.05, 4.69) is 0 Å². The number of aromatic nitrogens is 2. The van der Waals surface area contributed by atoms with Crippen LogP contribution in [-0.4, -0.2) is 46.5 Å². The molecule has 0 atom stereocenters. The van der Waals surface area contributed by atoms with Crippen molar-refractivity contribution in [3.05, 3.63) is 81.8 Å². The highest BCUT2D eigenvalue weighted by atomic mass is 16.5. The number of methoxy groups -OCH3 is 1. The molecule has 7 heteroatoms. The van der Waals surface area contributed by atoms with Crippen molar-refractivity contribution >= 4 is 11.6 Å². The largest absolute Gasteiger partial charge is 0.495 e. The number of benzene rings is 2. The number of aryl methyl sites for hydroxylation is 1. The van der Waals surface area contributed by atoms with E-state index in [1.165, 1.54) is 0 Å². The molecular formula is C23H26N4O3. The summed E-state index contributed by atoms with van der Waals surface area (Å²) in [6, 6.07) is 17.6. The Morgan fingerprint density at radius 3 is 2.53 bits per heavy atom. The number of fused-ring (bicyclic) bond motifs is 1. The van der Waals surface area contributed by atoms with E-state index in [1.54, 1.807) is 11.7 Å². The second-order valence-electron chi connectivity index (χ2n) is 7.37. The molecule has 0 unspecified atom stereocenters. The van der Waals surface area contributed by atoms with E-state index in [1.807, 2.05) is 71.3 Å². The number of nitrogens with zero attached hydrogens (tertiary/aromatic N) is 4. The van der Waals surface area contributed by atoms with Crippen LogP contribution in [0.1, 0.15) is 16.8 Å². The van der Waals surface area contributed by atoms with E-state index in [0.717, 1.165) is 16.9 Å². The van der Waals surface area contributed by atoms with Gasteiger partial charge in [-0.2, -0.15) is 0 Å². The van der Waals surface area contributed by atoms with E-state index < -0.39 is 0 Å². The first kappa shape index (κ1) is 20.1. The highest BCUT2D eigenvalue weighted by molar-refractivity contribution is 5.66. The average molecular weight is 406 g/mol. The Morgan fingerprint density at radius 1 is 1.07 bits per heavy atom. The van der Waals surface area contributed by atoms with Crippen LogP contribution in [0.2, 0.25) is 0 Å². The molecule has 1 aliphatic heterocycles. The smallest absolute Gasteiger partial charge is 0.259 e. The number of ether oxygens (including phenoxy) is 1. The molecule has 1 N–H and O–H groups in total. The van der Waals surface area contributed by atoms with Gasteiger partial charge in [-0.1, -0.05) is 42.5 Å². The molecule has 0 aliphatic carbocycles. The first-order chi connectivity index (χ1) is 14.6. The minimum Gasteiger partial charge on any atom is -0.495 e. The third kappa shape index (κ3) is 3.81. The zero-order valence-corrected chi connectivity index (χ0v) is 17.3. The molecule has 0 amide bonds. The van der Waals surface area contributed by atoms with Crippen molar-refractivity contribution in [2.45, 2.75) is 20.0 Å². The lowest BCUT2D eigenvalue weighted by atomic mass is 10.1. The second kappa shape index (κ2) is 8.69. The van der Waals surface area contributed by atoms with E-state index in [4.69, 9.17) is 9.72 Å². The summed E-state index contributed by atoms with van der Waals surface area (Å²) in [5.74, 6) is 1.29. The highest BCUT2D eigenvalue weighted by Gasteiger charge is 2.29. The van der Waals surface area contributed by atoms with E-state index in [0.29, 0.717) is 43.6 Å². The van der Waals surface area contributed by atoms with Crippen LogP contribution in [-0.2, 0) is 13.1 Å². The van der Waals surface area contributed by atoms with Crippen molar-refractivity contribution < 1.29 is 9.84 Å². The van der Waals surface area contributed by atoms with Crippen LogP contribution in [0.3, 0.4) is 0 Å². The lowest BCUT2D eigenvalue weighted by Gasteiger charge is -2.38. The van der Waals surface area contributed by atoms with E-state index >= 15 is 0 Å². The lowest BCUT2D eigenvalue weighted by molar-refractivity contribution is 0.152. The molecule has 156 valence electrons. The quantitative estimate of drug-likeness (QED) is 0.678. The molecule has 0 fully saturated rings. The van der Waals surface area contributed by atoms with Crippen LogP contribution in [0.5, 0.6) is 5.75 Å². The van der Waals surface area contributed by atoms with Crippen LogP contribution in [0.15, 0.2) is 59.4 Å². The third-order valence-corrected chi connectivity index (χ3v) is 5.39. The van der Waals surface area contributed by atoms with Gasteiger partial charge in [0.15, 0.2) is 0 Å². The highest BCUT2D eigenvalue weighted by Crippen LogP contribution is 2.34. The van der Waals surface area contributed by atoms with Crippen molar-refractivity contribution in [2.75, 3.05) is 31.8 Å². The monoisotopic (exact) mass is 406 g/mol.